The zero-order valence-electron chi connectivity index (χ0n) is 11.3. The Kier molecular flexibility index (Phi) is 4.38. The van der Waals surface area contributed by atoms with Crippen LogP contribution < -0.4 is 10.1 Å². The number of imidazole rings is 1. The first-order valence-electron chi connectivity index (χ1n) is 6.93. The Morgan fingerprint density at radius 2 is 2.10 bits per heavy atom. The van der Waals surface area contributed by atoms with Crippen molar-refractivity contribution in [1.29, 1.82) is 0 Å². The lowest BCUT2D eigenvalue weighted by atomic mass is 10.3. The number of halogens is 1. The zero-order valence-corrected chi connectivity index (χ0v) is 12.8. The van der Waals surface area contributed by atoms with Crippen LogP contribution in [0.4, 0.5) is 0 Å². The Hall–Kier alpha value is -1.33. The first kappa shape index (κ1) is 13.6. The molecule has 0 radical (unpaired) electrons. The van der Waals surface area contributed by atoms with E-state index in [9.17, 15) is 0 Å². The summed E-state index contributed by atoms with van der Waals surface area (Å²) in [6.07, 6.45) is 6.46. The summed E-state index contributed by atoms with van der Waals surface area (Å²) < 4.78 is 8.95. The van der Waals surface area contributed by atoms with Gasteiger partial charge in [-0.15, -0.1) is 0 Å². The van der Waals surface area contributed by atoms with Gasteiger partial charge in [0.2, 0.25) is 0 Å². The summed E-state index contributed by atoms with van der Waals surface area (Å²) in [4.78, 5) is 4.39. The van der Waals surface area contributed by atoms with Gasteiger partial charge in [0, 0.05) is 22.9 Å². The fraction of sp³-hybridized carbons (Fsp3) is 0.400. The molecule has 1 aliphatic rings. The summed E-state index contributed by atoms with van der Waals surface area (Å²) in [7, 11) is 0. The van der Waals surface area contributed by atoms with Crippen LogP contribution in [-0.4, -0.2) is 22.2 Å². The predicted molar refractivity (Wildman–Crippen MR) is 81.7 cm³/mol. The maximum atomic E-state index is 5.74. The fourth-order valence-corrected chi connectivity index (χ4v) is 2.29. The monoisotopic (exact) mass is 335 g/mol. The van der Waals surface area contributed by atoms with Gasteiger partial charge in [0.15, 0.2) is 0 Å². The second-order valence-electron chi connectivity index (χ2n) is 4.99. The van der Waals surface area contributed by atoms with Crippen LogP contribution in [0, 0.1) is 0 Å². The zero-order chi connectivity index (χ0) is 13.8. The quantitative estimate of drug-likeness (QED) is 0.845. The van der Waals surface area contributed by atoms with E-state index in [4.69, 9.17) is 4.74 Å². The molecular formula is C15H18BrN3O. The molecule has 3 rings (SSSR count). The van der Waals surface area contributed by atoms with Gasteiger partial charge in [-0.25, -0.2) is 4.98 Å². The van der Waals surface area contributed by atoms with E-state index in [1.54, 1.807) is 0 Å². The molecule has 1 aromatic heterocycles. The van der Waals surface area contributed by atoms with Crippen molar-refractivity contribution in [3.05, 3.63) is 47.0 Å². The van der Waals surface area contributed by atoms with Gasteiger partial charge >= 0.3 is 0 Å². The molecule has 1 heterocycles. The van der Waals surface area contributed by atoms with E-state index in [1.807, 2.05) is 36.7 Å². The second kappa shape index (κ2) is 6.41. The lowest BCUT2D eigenvalue weighted by molar-refractivity contribution is 0.295. The van der Waals surface area contributed by atoms with Crippen molar-refractivity contribution in [3.8, 4) is 5.75 Å². The molecule has 1 fully saturated rings. The third-order valence-corrected chi connectivity index (χ3v) is 3.87. The largest absolute Gasteiger partial charge is 0.492 e. The minimum Gasteiger partial charge on any atom is -0.492 e. The molecule has 1 aliphatic carbocycles. The predicted octanol–water partition coefficient (Wildman–Crippen LogP) is 2.98. The van der Waals surface area contributed by atoms with Crippen molar-refractivity contribution in [1.82, 2.24) is 14.9 Å². The van der Waals surface area contributed by atoms with Crippen molar-refractivity contribution in [2.75, 3.05) is 6.61 Å². The van der Waals surface area contributed by atoms with Crippen molar-refractivity contribution in [2.24, 2.45) is 0 Å². The number of aromatic nitrogens is 2. The molecule has 106 valence electrons. The van der Waals surface area contributed by atoms with Crippen LogP contribution in [-0.2, 0) is 13.1 Å². The van der Waals surface area contributed by atoms with Crippen LogP contribution >= 0.6 is 15.9 Å². The van der Waals surface area contributed by atoms with E-state index < -0.39 is 0 Å². The molecule has 1 saturated carbocycles. The summed E-state index contributed by atoms with van der Waals surface area (Å²) in [6.45, 7) is 2.31. The van der Waals surface area contributed by atoms with Gasteiger partial charge in [0.25, 0.3) is 0 Å². The molecule has 4 nitrogen and oxygen atoms in total. The standard InChI is InChI=1S/C15H18BrN3O/c16-12-1-5-14(6-2-12)20-10-9-19-8-7-17-15(19)11-18-13-3-4-13/h1-2,5-8,13,18H,3-4,9-11H2. The van der Waals surface area contributed by atoms with Crippen molar-refractivity contribution in [2.45, 2.75) is 32.0 Å². The molecule has 0 bridgehead atoms. The van der Waals surface area contributed by atoms with Crippen LogP contribution in [0.3, 0.4) is 0 Å². The van der Waals surface area contributed by atoms with Crippen molar-refractivity contribution >= 4 is 15.9 Å². The summed E-state index contributed by atoms with van der Waals surface area (Å²) >= 11 is 3.41. The molecule has 0 saturated heterocycles. The summed E-state index contributed by atoms with van der Waals surface area (Å²) in [6, 6.07) is 8.61. The van der Waals surface area contributed by atoms with Gasteiger partial charge in [-0.1, -0.05) is 15.9 Å². The third kappa shape index (κ3) is 3.84. The van der Waals surface area contributed by atoms with Crippen LogP contribution in [0.1, 0.15) is 18.7 Å². The van der Waals surface area contributed by atoms with Gasteiger partial charge in [-0.3, -0.25) is 0 Å². The Bertz CT molecular complexity index is 549. The molecule has 0 atom stereocenters. The molecule has 1 N–H and O–H groups in total. The Morgan fingerprint density at radius 1 is 1.30 bits per heavy atom. The lowest BCUT2D eigenvalue weighted by Gasteiger charge is -2.10. The SMILES string of the molecule is Brc1ccc(OCCn2ccnc2CNC2CC2)cc1. The highest BCUT2D eigenvalue weighted by Gasteiger charge is 2.20. The lowest BCUT2D eigenvalue weighted by Crippen LogP contribution is -2.20. The van der Waals surface area contributed by atoms with E-state index in [2.05, 4.69) is 30.8 Å². The van der Waals surface area contributed by atoms with E-state index in [1.165, 1.54) is 12.8 Å². The molecule has 0 unspecified atom stereocenters. The minimum absolute atomic E-state index is 0.647. The number of nitrogens with one attached hydrogen (secondary N) is 1. The number of rotatable bonds is 7. The van der Waals surface area contributed by atoms with Gasteiger partial charge < -0.3 is 14.6 Å². The smallest absolute Gasteiger partial charge is 0.122 e. The first-order chi connectivity index (χ1) is 9.81. The van der Waals surface area contributed by atoms with Gasteiger partial charge in [0.1, 0.15) is 18.2 Å². The van der Waals surface area contributed by atoms with E-state index in [-0.39, 0.29) is 0 Å². The molecular weight excluding hydrogens is 318 g/mol. The number of hydrogen-bond donors (Lipinski definition) is 1. The fourth-order valence-electron chi connectivity index (χ4n) is 2.03. The Morgan fingerprint density at radius 3 is 2.85 bits per heavy atom. The molecule has 0 spiro atoms. The van der Waals surface area contributed by atoms with E-state index in [0.29, 0.717) is 12.6 Å². The Labute approximate surface area is 127 Å². The van der Waals surface area contributed by atoms with Crippen LogP contribution in [0.25, 0.3) is 0 Å². The average Bonchev–Trinajstić information content (AvgIpc) is 3.18. The second-order valence-corrected chi connectivity index (χ2v) is 5.91. The third-order valence-electron chi connectivity index (χ3n) is 3.34. The number of ether oxygens (including phenoxy) is 1. The molecule has 2 aromatic rings. The van der Waals surface area contributed by atoms with Crippen LogP contribution in [0.15, 0.2) is 41.1 Å². The maximum Gasteiger partial charge on any atom is 0.122 e. The van der Waals surface area contributed by atoms with E-state index in [0.717, 1.165) is 29.1 Å². The highest BCUT2D eigenvalue weighted by molar-refractivity contribution is 9.10. The van der Waals surface area contributed by atoms with Crippen molar-refractivity contribution in [3.63, 3.8) is 0 Å². The average molecular weight is 336 g/mol. The highest BCUT2D eigenvalue weighted by Crippen LogP contribution is 2.19. The summed E-state index contributed by atoms with van der Waals surface area (Å²) in [5.41, 5.74) is 0. The van der Waals surface area contributed by atoms with Crippen LogP contribution in [0.2, 0.25) is 0 Å². The first-order valence-corrected chi connectivity index (χ1v) is 7.72. The molecule has 0 amide bonds. The summed E-state index contributed by atoms with van der Waals surface area (Å²) in [5.74, 6) is 1.97. The molecule has 0 aliphatic heterocycles. The summed E-state index contributed by atoms with van der Waals surface area (Å²) in [5, 5.41) is 3.48. The van der Waals surface area contributed by atoms with E-state index >= 15 is 0 Å². The highest BCUT2D eigenvalue weighted by atomic mass is 79.9. The van der Waals surface area contributed by atoms with Crippen LogP contribution in [0.5, 0.6) is 5.75 Å². The topological polar surface area (TPSA) is 39.1 Å². The van der Waals surface area contributed by atoms with Gasteiger partial charge in [-0.2, -0.15) is 0 Å². The molecule has 1 aromatic carbocycles. The van der Waals surface area contributed by atoms with Gasteiger partial charge in [-0.05, 0) is 37.1 Å². The number of nitrogens with zero attached hydrogens (tertiary/aromatic N) is 2. The minimum atomic E-state index is 0.647. The normalized spacial score (nSPS) is 14.4. The number of hydrogen-bond acceptors (Lipinski definition) is 3. The van der Waals surface area contributed by atoms with Crippen molar-refractivity contribution < 1.29 is 4.74 Å². The molecule has 20 heavy (non-hydrogen) atoms. The van der Waals surface area contributed by atoms with Gasteiger partial charge in [0.05, 0.1) is 13.1 Å². The number of benzene rings is 1. The molecule has 5 heteroatoms. The maximum absolute atomic E-state index is 5.74. The Balaban J connectivity index is 1.47.